The van der Waals surface area contributed by atoms with Crippen LogP contribution in [0.3, 0.4) is 0 Å². The molecule has 3 aromatic carbocycles. The standard InChI is InChI=1S/C26H26N4O5/c1-3-35-20-13-11-18(12-14-20)28-26(33)30-17-25(32)29(22-9-4-5-10-23(22)30)16-24(31)27-19-7-6-8-21(15-19)34-2/h4-15H,3,16-17H2,1-2H3,(H,27,31)(H,28,33). The first-order chi connectivity index (χ1) is 17.0. The van der Waals surface area contributed by atoms with E-state index in [1.54, 1.807) is 79.9 Å². The minimum absolute atomic E-state index is 0.193. The van der Waals surface area contributed by atoms with E-state index >= 15 is 0 Å². The van der Waals surface area contributed by atoms with Crippen LogP contribution in [0, 0.1) is 0 Å². The highest BCUT2D eigenvalue weighted by Gasteiger charge is 2.33. The van der Waals surface area contributed by atoms with Gasteiger partial charge in [0.2, 0.25) is 11.8 Å². The Hall–Kier alpha value is -4.53. The summed E-state index contributed by atoms with van der Waals surface area (Å²) in [4.78, 5) is 41.5. The quantitative estimate of drug-likeness (QED) is 0.537. The fraction of sp³-hybridized carbons (Fsp3) is 0.192. The number of hydrogen-bond acceptors (Lipinski definition) is 5. The van der Waals surface area contributed by atoms with Gasteiger partial charge in [0.15, 0.2) is 0 Å². The molecule has 35 heavy (non-hydrogen) atoms. The molecule has 1 heterocycles. The molecule has 0 aliphatic carbocycles. The molecule has 0 atom stereocenters. The van der Waals surface area contributed by atoms with Crippen LogP contribution in [0.1, 0.15) is 6.92 Å². The number of nitrogens with zero attached hydrogens (tertiary/aromatic N) is 2. The molecule has 0 bridgehead atoms. The lowest BCUT2D eigenvalue weighted by Crippen LogP contribution is -2.51. The van der Waals surface area contributed by atoms with E-state index in [1.807, 2.05) is 6.92 Å². The molecule has 1 aliphatic heterocycles. The second kappa shape index (κ2) is 10.6. The maximum Gasteiger partial charge on any atom is 0.326 e. The van der Waals surface area contributed by atoms with Crippen molar-refractivity contribution < 1.29 is 23.9 Å². The van der Waals surface area contributed by atoms with E-state index in [0.29, 0.717) is 40.9 Å². The molecule has 2 N–H and O–H groups in total. The number of anilines is 4. The molecule has 0 saturated heterocycles. The van der Waals surface area contributed by atoms with Gasteiger partial charge in [-0.25, -0.2) is 4.79 Å². The summed E-state index contributed by atoms with van der Waals surface area (Å²) in [5.74, 6) is 0.572. The highest BCUT2D eigenvalue weighted by molar-refractivity contribution is 6.15. The average molecular weight is 475 g/mol. The summed E-state index contributed by atoms with van der Waals surface area (Å²) >= 11 is 0. The first kappa shape index (κ1) is 23.6. The van der Waals surface area contributed by atoms with Crippen molar-refractivity contribution in [2.75, 3.05) is 47.2 Å². The number of para-hydroxylation sites is 2. The number of rotatable bonds is 7. The Bertz CT molecular complexity index is 1230. The topological polar surface area (TPSA) is 100 Å². The summed E-state index contributed by atoms with van der Waals surface area (Å²) in [6.45, 7) is 2.05. The Labute approximate surface area is 203 Å². The number of nitrogens with one attached hydrogen (secondary N) is 2. The number of methoxy groups -OCH3 is 1. The predicted octanol–water partition coefficient (Wildman–Crippen LogP) is 4.12. The molecular formula is C26H26N4O5. The number of hydrogen-bond donors (Lipinski definition) is 2. The zero-order valence-electron chi connectivity index (χ0n) is 19.5. The third kappa shape index (κ3) is 5.52. The van der Waals surface area contributed by atoms with Crippen molar-refractivity contribution in [3.05, 3.63) is 72.8 Å². The SMILES string of the molecule is CCOc1ccc(NC(=O)N2CC(=O)N(CC(=O)Nc3cccc(OC)c3)c3ccccc32)cc1. The van der Waals surface area contributed by atoms with Crippen LogP contribution in [0.2, 0.25) is 0 Å². The Balaban J connectivity index is 1.48. The van der Waals surface area contributed by atoms with Gasteiger partial charge in [-0.15, -0.1) is 0 Å². The van der Waals surface area contributed by atoms with Crippen LogP contribution in [0.25, 0.3) is 0 Å². The fourth-order valence-corrected chi connectivity index (χ4v) is 3.75. The second-order valence-corrected chi connectivity index (χ2v) is 7.72. The number of ether oxygens (including phenoxy) is 2. The monoisotopic (exact) mass is 474 g/mol. The second-order valence-electron chi connectivity index (χ2n) is 7.72. The van der Waals surface area contributed by atoms with Gasteiger partial charge >= 0.3 is 6.03 Å². The molecular weight excluding hydrogens is 448 g/mol. The summed E-state index contributed by atoms with van der Waals surface area (Å²) in [6, 6.07) is 20.5. The lowest BCUT2D eigenvalue weighted by Gasteiger charge is -2.35. The molecule has 9 nitrogen and oxygen atoms in total. The Morgan fingerprint density at radius 3 is 2.34 bits per heavy atom. The summed E-state index contributed by atoms with van der Waals surface area (Å²) in [7, 11) is 1.54. The molecule has 0 aromatic heterocycles. The molecule has 0 spiro atoms. The van der Waals surface area contributed by atoms with Gasteiger partial charge in [-0.1, -0.05) is 18.2 Å². The smallest absolute Gasteiger partial charge is 0.326 e. The minimum Gasteiger partial charge on any atom is -0.497 e. The van der Waals surface area contributed by atoms with E-state index < -0.39 is 6.03 Å². The van der Waals surface area contributed by atoms with E-state index in [1.165, 1.54) is 9.80 Å². The third-order valence-electron chi connectivity index (χ3n) is 5.37. The lowest BCUT2D eigenvalue weighted by atomic mass is 10.1. The van der Waals surface area contributed by atoms with E-state index in [4.69, 9.17) is 9.47 Å². The molecule has 1 aliphatic rings. The Kier molecular flexibility index (Phi) is 7.15. The van der Waals surface area contributed by atoms with Crippen LogP contribution < -0.4 is 29.9 Å². The highest BCUT2D eigenvalue weighted by Crippen LogP contribution is 2.34. The first-order valence-electron chi connectivity index (χ1n) is 11.1. The van der Waals surface area contributed by atoms with Crippen molar-refractivity contribution in [2.24, 2.45) is 0 Å². The average Bonchev–Trinajstić information content (AvgIpc) is 2.87. The summed E-state index contributed by atoms with van der Waals surface area (Å²) < 4.78 is 10.6. The van der Waals surface area contributed by atoms with Gasteiger partial charge in [0.1, 0.15) is 24.6 Å². The number of carbonyl (C=O) groups is 3. The van der Waals surface area contributed by atoms with E-state index in [-0.39, 0.29) is 24.9 Å². The maximum absolute atomic E-state index is 13.0. The van der Waals surface area contributed by atoms with Gasteiger partial charge in [-0.3, -0.25) is 19.4 Å². The predicted molar refractivity (Wildman–Crippen MR) is 134 cm³/mol. The van der Waals surface area contributed by atoms with Crippen LogP contribution in [0.15, 0.2) is 72.8 Å². The van der Waals surface area contributed by atoms with Crippen molar-refractivity contribution in [3.63, 3.8) is 0 Å². The Morgan fingerprint density at radius 2 is 1.63 bits per heavy atom. The van der Waals surface area contributed by atoms with Crippen LogP contribution in [-0.4, -0.2) is 44.7 Å². The lowest BCUT2D eigenvalue weighted by molar-refractivity contribution is -0.120. The van der Waals surface area contributed by atoms with E-state index in [0.717, 1.165) is 0 Å². The van der Waals surface area contributed by atoms with Crippen molar-refractivity contribution in [2.45, 2.75) is 6.92 Å². The van der Waals surface area contributed by atoms with Gasteiger partial charge in [0.25, 0.3) is 0 Å². The molecule has 9 heteroatoms. The van der Waals surface area contributed by atoms with Crippen LogP contribution >= 0.6 is 0 Å². The third-order valence-corrected chi connectivity index (χ3v) is 5.37. The van der Waals surface area contributed by atoms with Crippen molar-refractivity contribution in [1.82, 2.24) is 0 Å². The van der Waals surface area contributed by atoms with Gasteiger partial charge in [-0.2, -0.15) is 0 Å². The molecule has 3 aromatic rings. The van der Waals surface area contributed by atoms with Crippen LogP contribution in [0.5, 0.6) is 11.5 Å². The first-order valence-corrected chi connectivity index (χ1v) is 11.1. The van der Waals surface area contributed by atoms with Crippen LogP contribution in [0.4, 0.5) is 27.5 Å². The highest BCUT2D eigenvalue weighted by atomic mass is 16.5. The fourth-order valence-electron chi connectivity index (χ4n) is 3.75. The molecule has 0 fully saturated rings. The molecule has 0 unspecified atom stereocenters. The Morgan fingerprint density at radius 1 is 0.886 bits per heavy atom. The molecule has 0 saturated carbocycles. The van der Waals surface area contributed by atoms with E-state index in [9.17, 15) is 14.4 Å². The maximum atomic E-state index is 13.0. The molecule has 4 amide bonds. The number of carbonyl (C=O) groups excluding carboxylic acids is 3. The zero-order valence-corrected chi connectivity index (χ0v) is 19.5. The van der Waals surface area contributed by atoms with Crippen molar-refractivity contribution in [1.29, 1.82) is 0 Å². The summed E-state index contributed by atoms with van der Waals surface area (Å²) in [6.07, 6.45) is 0. The van der Waals surface area contributed by atoms with Crippen molar-refractivity contribution >= 4 is 40.6 Å². The minimum atomic E-state index is -0.449. The molecule has 0 radical (unpaired) electrons. The van der Waals surface area contributed by atoms with Gasteiger partial charge in [-0.05, 0) is 55.5 Å². The van der Waals surface area contributed by atoms with E-state index in [2.05, 4.69) is 10.6 Å². The number of urea groups is 1. The summed E-state index contributed by atoms with van der Waals surface area (Å²) in [5, 5.41) is 5.59. The van der Waals surface area contributed by atoms with Gasteiger partial charge in [0, 0.05) is 17.4 Å². The number of amides is 4. The number of fused-ring (bicyclic) bond motifs is 1. The number of benzene rings is 3. The largest absolute Gasteiger partial charge is 0.497 e. The van der Waals surface area contributed by atoms with Gasteiger partial charge in [0.05, 0.1) is 25.1 Å². The molecule has 4 rings (SSSR count). The van der Waals surface area contributed by atoms with Gasteiger partial charge < -0.3 is 20.1 Å². The van der Waals surface area contributed by atoms with Crippen molar-refractivity contribution in [3.8, 4) is 11.5 Å². The normalized spacial score (nSPS) is 12.6. The van der Waals surface area contributed by atoms with Crippen LogP contribution in [-0.2, 0) is 9.59 Å². The summed E-state index contributed by atoms with van der Waals surface area (Å²) in [5.41, 5.74) is 2.14. The molecule has 180 valence electrons. The zero-order chi connectivity index (χ0) is 24.8.